The van der Waals surface area contributed by atoms with E-state index in [1.54, 1.807) is 24.3 Å². The van der Waals surface area contributed by atoms with E-state index >= 15 is 0 Å². The molecule has 2 aromatic carbocycles. The Labute approximate surface area is 157 Å². The van der Waals surface area contributed by atoms with Crippen LogP contribution in [0.15, 0.2) is 69.7 Å². The summed E-state index contributed by atoms with van der Waals surface area (Å²) in [6.45, 7) is 0. The zero-order chi connectivity index (χ0) is 18.6. The van der Waals surface area contributed by atoms with Crippen molar-refractivity contribution >= 4 is 46.3 Å². The minimum Gasteiger partial charge on any atom is -0.289 e. The number of hydrogen-bond donors (Lipinski definition) is 0. The summed E-state index contributed by atoms with van der Waals surface area (Å²) in [6, 6.07) is 12.3. The van der Waals surface area contributed by atoms with Gasteiger partial charge in [-0.05, 0) is 0 Å². The van der Waals surface area contributed by atoms with Crippen molar-refractivity contribution in [3.63, 3.8) is 0 Å². The molecule has 0 unspecified atom stereocenters. The number of Topliss-reactive ketones (excluding diaryl/α,β-unsaturated/α-hetero) is 4. The second-order valence-electron chi connectivity index (χ2n) is 5.79. The third-order valence-corrected chi connectivity index (χ3v) is 5.10. The summed E-state index contributed by atoms with van der Waals surface area (Å²) in [7, 11) is 0. The van der Waals surface area contributed by atoms with Gasteiger partial charge >= 0.3 is 0 Å². The van der Waals surface area contributed by atoms with Crippen molar-refractivity contribution in [2.75, 3.05) is 0 Å². The third-order valence-electron chi connectivity index (χ3n) is 4.37. The Kier molecular flexibility index (Phi) is 3.75. The summed E-state index contributed by atoms with van der Waals surface area (Å²) in [5, 5.41) is -0.829. The maximum absolute atomic E-state index is 12.9. The van der Waals surface area contributed by atoms with Crippen LogP contribution in [0, 0.1) is 0 Å². The van der Waals surface area contributed by atoms with E-state index in [1.165, 1.54) is 24.3 Å². The predicted molar refractivity (Wildman–Crippen MR) is 96.0 cm³/mol. The lowest BCUT2D eigenvalue weighted by Gasteiger charge is -2.23. The molecule has 0 saturated heterocycles. The molecular weight excluding hydrogens is 375 g/mol. The van der Waals surface area contributed by atoms with Crippen LogP contribution in [0.2, 0.25) is 0 Å². The van der Waals surface area contributed by atoms with E-state index in [-0.39, 0.29) is 33.4 Å². The highest BCUT2D eigenvalue weighted by Gasteiger charge is 2.40. The lowest BCUT2D eigenvalue weighted by Crippen LogP contribution is -2.28. The average Bonchev–Trinajstić information content (AvgIpc) is 2.67. The van der Waals surface area contributed by atoms with E-state index in [0.29, 0.717) is 0 Å². The highest BCUT2D eigenvalue weighted by molar-refractivity contribution is 6.55. The molecule has 0 bridgehead atoms. The van der Waals surface area contributed by atoms with Crippen molar-refractivity contribution in [2.24, 2.45) is 0 Å². The molecule has 2 aliphatic rings. The molecule has 4 nitrogen and oxygen atoms in total. The van der Waals surface area contributed by atoms with Gasteiger partial charge in [0.2, 0.25) is 11.6 Å². The third kappa shape index (κ3) is 2.16. The van der Waals surface area contributed by atoms with Crippen LogP contribution < -0.4 is 0 Å². The Morgan fingerprint density at radius 1 is 0.462 bits per heavy atom. The summed E-state index contributed by atoms with van der Waals surface area (Å²) < 4.78 is 0. The largest absolute Gasteiger partial charge is 0.289 e. The normalized spacial score (nSPS) is 16.8. The standard InChI is InChI=1S/C20H8Cl2O4/c21-15-13(17(23)9-5-1-3-7-11(9)19(15)25)14-16(22)20(26)12-8-4-2-6-10(12)18(14)24/h1-8H. The topological polar surface area (TPSA) is 68.3 Å². The molecule has 0 radical (unpaired) electrons. The molecule has 0 spiro atoms. The second kappa shape index (κ2) is 5.87. The van der Waals surface area contributed by atoms with Gasteiger partial charge in [-0.25, -0.2) is 0 Å². The molecule has 0 aliphatic heterocycles. The summed E-state index contributed by atoms with van der Waals surface area (Å²) >= 11 is 12.3. The van der Waals surface area contributed by atoms with Gasteiger partial charge in [-0.2, -0.15) is 0 Å². The first-order valence-corrected chi connectivity index (χ1v) is 8.36. The Balaban J connectivity index is 1.99. The molecule has 0 amide bonds. The van der Waals surface area contributed by atoms with Crippen LogP contribution in [0.4, 0.5) is 0 Å². The van der Waals surface area contributed by atoms with Gasteiger partial charge in [0.05, 0.1) is 11.1 Å². The Morgan fingerprint density at radius 2 is 0.731 bits per heavy atom. The van der Waals surface area contributed by atoms with Gasteiger partial charge in [0.25, 0.3) is 0 Å². The molecule has 26 heavy (non-hydrogen) atoms. The molecule has 126 valence electrons. The van der Waals surface area contributed by atoms with Gasteiger partial charge in [-0.15, -0.1) is 0 Å². The van der Waals surface area contributed by atoms with Gasteiger partial charge in [0.1, 0.15) is 10.1 Å². The molecule has 0 heterocycles. The van der Waals surface area contributed by atoms with Gasteiger partial charge in [-0.1, -0.05) is 71.7 Å². The molecule has 0 N–H and O–H groups in total. The number of ketones is 4. The van der Waals surface area contributed by atoms with Crippen molar-refractivity contribution < 1.29 is 19.2 Å². The Hall–Kier alpha value is -2.82. The van der Waals surface area contributed by atoms with E-state index in [0.717, 1.165) is 0 Å². The quantitative estimate of drug-likeness (QED) is 0.743. The van der Waals surface area contributed by atoms with Crippen LogP contribution in [-0.2, 0) is 0 Å². The smallest absolute Gasteiger partial charge is 0.205 e. The number of allylic oxidation sites excluding steroid dienone is 4. The summed E-state index contributed by atoms with van der Waals surface area (Å²) in [4.78, 5) is 51.0. The van der Waals surface area contributed by atoms with Crippen molar-refractivity contribution in [1.29, 1.82) is 0 Å². The number of rotatable bonds is 1. The SMILES string of the molecule is O=C1C(Cl)=C(C2=C(Cl)C(=O)c3ccccc3C2=O)C(=O)c2ccccc21. The lowest BCUT2D eigenvalue weighted by atomic mass is 9.79. The van der Waals surface area contributed by atoms with Crippen molar-refractivity contribution in [1.82, 2.24) is 0 Å². The Morgan fingerprint density at radius 3 is 1.04 bits per heavy atom. The maximum atomic E-state index is 12.9. The van der Waals surface area contributed by atoms with Gasteiger partial charge in [0.15, 0.2) is 11.6 Å². The zero-order valence-corrected chi connectivity index (χ0v) is 14.5. The molecule has 0 atom stereocenters. The average molecular weight is 383 g/mol. The summed E-state index contributed by atoms with van der Waals surface area (Å²) in [6.07, 6.45) is 0. The first kappa shape index (κ1) is 16.6. The fourth-order valence-electron chi connectivity index (χ4n) is 3.14. The highest BCUT2D eigenvalue weighted by Crippen LogP contribution is 2.39. The molecule has 6 heteroatoms. The minimum atomic E-state index is -0.612. The maximum Gasteiger partial charge on any atom is 0.205 e. The number of fused-ring (bicyclic) bond motifs is 2. The number of halogens is 2. The zero-order valence-electron chi connectivity index (χ0n) is 13.0. The monoisotopic (exact) mass is 382 g/mol. The molecule has 2 aromatic rings. The minimum absolute atomic E-state index is 0.118. The molecule has 0 fully saturated rings. The van der Waals surface area contributed by atoms with Crippen LogP contribution in [0.1, 0.15) is 41.4 Å². The van der Waals surface area contributed by atoms with Crippen molar-refractivity contribution in [2.45, 2.75) is 0 Å². The van der Waals surface area contributed by atoms with Crippen LogP contribution in [0.25, 0.3) is 0 Å². The second-order valence-corrected chi connectivity index (χ2v) is 6.54. The van der Waals surface area contributed by atoms with Crippen LogP contribution >= 0.6 is 23.2 Å². The van der Waals surface area contributed by atoms with Crippen LogP contribution in [-0.4, -0.2) is 23.1 Å². The van der Waals surface area contributed by atoms with Crippen LogP contribution in [0.3, 0.4) is 0 Å². The van der Waals surface area contributed by atoms with E-state index < -0.39 is 33.2 Å². The van der Waals surface area contributed by atoms with Gasteiger partial charge in [-0.3, -0.25) is 19.2 Å². The summed E-state index contributed by atoms with van der Waals surface area (Å²) in [5.74, 6) is -2.40. The van der Waals surface area contributed by atoms with Crippen molar-refractivity contribution in [3.8, 4) is 0 Å². The summed E-state index contributed by atoms with van der Waals surface area (Å²) in [5.41, 5.74) is -0.113. The molecule has 2 aliphatic carbocycles. The van der Waals surface area contributed by atoms with Gasteiger partial charge in [0, 0.05) is 22.3 Å². The Bertz CT molecular complexity index is 1030. The van der Waals surface area contributed by atoms with E-state index in [1.807, 2.05) is 0 Å². The van der Waals surface area contributed by atoms with E-state index in [9.17, 15) is 19.2 Å². The highest BCUT2D eigenvalue weighted by atomic mass is 35.5. The predicted octanol–water partition coefficient (Wildman–Crippen LogP) is 4.13. The molecule has 0 saturated carbocycles. The first-order chi connectivity index (χ1) is 12.4. The van der Waals surface area contributed by atoms with Crippen molar-refractivity contribution in [3.05, 3.63) is 92.0 Å². The van der Waals surface area contributed by atoms with Crippen LogP contribution in [0.5, 0.6) is 0 Å². The fourth-order valence-corrected chi connectivity index (χ4v) is 3.70. The molecule has 0 aromatic heterocycles. The number of benzene rings is 2. The van der Waals surface area contributed by atoms with E-state index in [2.05, 4.69) is 0 Å². The molecule has 4 rings (SSSR count). The first-order valence-electron chi connectivity index (χ1n) is 7.60. The molecular formula is C20H8Cl2O4. The van der Waals surface area contributed by atoms with Gasteiger partial charge < -0.3 is 0 Å². The number of carbonyl (C=O) groups is 4. The lowest BCUT2D eigenvalue weighted by molar-refractivity contribution is 0.0959. The number of carbonyl (C=O) groups excluding carboxylic acids is 4. The fraction of sp³-hybridized carbons (Fsp3) is 0. The number of hydrogen-bond acceptors (Lipinski definition) is 4. The van der Waals surface area contributed by atoms with E-state index in [4.69, 9.17) is 23.2 Å².